The Hall–Kier alpha value is -0.650. The molecule has 0 aromatic heterocycles. The number of methoxy groups -OCH3 is 1. The molecule has 0 radical (unpaired) electrons. The minimum atomic E-state index is -0.574. The van der Waals surface area contributed by atoms with E-state index < -0.39 is 5.54 Å². The fraction of sp³-hybridized carbons (Fsp3) is 0.933. The first-order chi connectivity index (χ1) is 9.37. The molecule has 1 aliphatic heterocycles. The van der Waals surface area contributed by atoms with Crippen molar-refractivity contribution in [3.8, 4) is 0 Å². The zero-order valence-corrected chi connectivity index (χ0v) is 13.7. The van der Waals surface area contributed by atoms with Gasteiger partial charge < -0.3 is 14.5 Å². The summed E-state index contributed by atoms with van der Waals surface area (Å²) in [6.07, 6.45) is 1.82. The molecular weight excluding hydrogens is 254 g/mol. The zero-order valence-electron chi connectivity index (χ0n) is 13.7. The third-order valence-corrected chi connectivity index (χ3v) is 3.99. The lowest BCUT2D eigenvalue weighted by Gasteiger charge is -2.34. The van der Waals surface area contributed by atoms with Gasteiger partial charge in [0, 0.05) is 32.2 Å². The van der Waals surface area contributed by atoms with E-state index in [0.717, 1.165) is 45.6 Å². The smallest absolute Gasteiger partial charge is 0.325 e. The first-order valence-electron chi connectivity index (χ1n) is 7.64. The fourth-order valence-electron chi connectivity index (χ4n) is 2.82. The number of piperazine rings is 1. The van der Waals surface area contributed by atoms with Crippen LogP contribution in [0.5, 0.6) is 0 Å². The van der Waals surface area contributed by atoms with Crippen LogP contribution in [0.15, 0.2) is 0 Å². The van der Waals surface area contributed by atoms with Gasteiger partial charge in [0.1, 0.15) is 5.54 Å². The van der Waals surface area contributed by atoms with Crippen LogP contribution in [0.1, 0.15) is 33.6 Å². The Morgan fingerprint density at radius 2 is 1.90 bits per heavy atom. The summed E-state index contributed by atoms with van der Waals surface area (Å²) in [5, 5.41) is 3.35. The van der Waals surface area contributed by atoms with Gasteiger partial charge in [0.25, 0.3) is 0 Å². The topological polar surface area (TPSA) is 44.8 Å². The van der Waals surface area contributed by atoms with E-state index in [4.69, 9.17) is 4.74 Å². The maximum Gasteiger partial charge on any atom is 0.325 e. The molecule has 0 amide bonds. The van der Waals surface area contributed by atoms with E-state index in [9.17, 15) is 4.79 Å². The number of nitrogens with zero attached hydrogens (tertiary/aromatic N) is 2. The summed E-state index contributed by atoms with van der Waals surface area (Å²) in [5.41, 5.74) is -0.574. The zero-order chi connectivity index (χ0) is 15.2. The number of hydrogen-bond acceptors (Lipinski definition) is 5. The van der Waals surface area contributed by atoms with E-state index in [1.807, 2.05) is 6.92 Å². The SMILES string of the molecule is COC(=O)C(C)(CCCN1CCN(C)CC1)NC(C)C. The molecule has 1 saturated heterocycles. The van der Waals surface area contributed by atoms with Gasteiger partial charge in [0.15, 0.2) is 0 Å². The van der Waals surface area contributed by atoms with Crippen LogP contribution in [-0.4, -0.2) is 74.2 Å². The van der Waals surface area contributed by atoms with Crippen molar-refractivity contribution in [3.63, 3.8) is 0 Å². The number of ether oxygens (including phenoxy) is 1. The number of esters is 1. The molecule has 118 valence electrons. The van der Waals surface area contributed by atoms with Gasteiger partial charge in [0.2, 0.25) is 0 Å². The molecule has 0 aliphatic carbocycles. The van der Waals surface area contributed by atoms with Crippen molar-refractivity contribution in [1.29, 1.82) is 0 Å². The van der Waals surface area contributed by atoms with Crippen LogP contribution >= 0.6 is 0 Å². The lowest BCUT2D eigenvalue weighted by Crippen LogP contribution is -2.53. The van der Waals surface area contributed by atoms with Gasteiger partial charge in [-0.3, -0.25) is 10.1 Å². The Balaban J connectivity index is 2.40. The number of carbonyl (C=O) groups excluding carboxylic acids is 1. The van der Waals surface area contributed by atoms with Gasteiger partial charge in [-0.1, -0.05) is 0 Å². The molecule has 1 fully saturated rings. The Morgan fingerprint density at radius 1 is 1.30 bits per heavy atom. The number of carbonyl (C=O) groups is 1. The lowest BCUT2D eigenvalue weighted by atomic mass is 9.94. The van der Waals surface area contributed by atoms with Crippen molar-refractivity contribution in [2.75, 3.05) is 46.9 Å². The molecule has 0 bridgehead atoms. The second kappa shape index (κ2) is 7.96. The Kier molecular flexibility index (Phi) is 6.92. The van der Waals surface area contributed by atoms with E-state index in [1.54, 1.807) is 0 Å². The van der Waals surface area contributed by atoms with Crippen molar-refractivity contribution < 1.29 is 9.53 Å². The van der Waals surface area contributed by atoms with Gasteiger partial charge in [-0.05, 0) is 47.2 Å². The highest BCUT2D eigenvalue weighted by atomic mass is 16.5. The molecule has 1 unspecified atom stereocenters. The van der Waals surface area contributed by atoms with Crippen LogP contribution < -0.4 is 5.32 Å². The van der Waals surface area contributed by atoms with Crippen molar-refractivity contribution in [2.45, 2.75) is 45.2 Å². The van der Waals surface area contributed by atoms with E-state index in [2.05, 4.69) is 36.0 Å². The Bertz CT molecular complexity index is 301. The van der Waals surface area contributed by atoms with Gasteiger partial charge in [0.05, 0.1) is 7.11 Å². The first kappa shape index (κ1) is 17.4. The predicted octanol–water partition coefficient (Wildman–Crippen LogP) is 0.944. The van der Waals surface area contributed by atoms with Crippen LogP contribution in [0.2, 0.25) is 0 Å². The molecule has 0 aromatic rings. The highest BCUT2D eigenvalue weighted by molar-refractivity contribution is 5.80. The third-order valence-electron chi connectivity index (χ3n) is 3.99. The van der Waals surface area contributed by atoms with Gasteiger partial charge in [-0.2, -0.15) is 0 Å². The summed E-state index contributed by atoms with van der Waals surface area (Å²) in [4.78, 5) is 16.8. The summed E-state index contributed by atoms with van der Waals surface area (Å²) < 4.78 is 4.95. The monoisotopic (exact) mass is 285 g/mol. The van der Waals surface area contributed by atoms with Crippen molar-refractivity contribution >= 4 is 5.97 Å². The molecule has 5 nitrogen and oxygen atoms in total. The normalized spacial score (nSPS) is 20.9. The van der Waals surface area contributed by atoms with E-state index in [0.29, 0.717) is 0 Å². The maximum atomic E-state index is 12.0. The average molecular weight is 285 g/mol. The minimum absolute atomic E-state index is 0.162. The molecular formula is C15H31N3O2. The Morgan fingerprint density at radius 3 is 2.40 bits per heavy atom. The van der Waals surface area contributed by atoms with Gasteiger partial charge in [-0.25, -0.2) is 0 Å². The quantitative estimate of drug-likeness (QED) is 0.706. The molecule has 1 atom stereocenters. The molecule has 1 aliphatic rings. The minimum Gasteiger partial charge on any atom is -0.468 e. The number of hydrogen-bond donors (Lipinski definition) is 1. The van der Waals surface area contributed by atoms with Gasteiger partial charge >= 0.3 is 5.97 Å². The molecule has 0 spiro atoms. The summed E-state index contributed by atoms with van der Waals surface area (Å²) >= 11 is 0. The first-order valence-corrected chi connectivity index (χ1v) is 7.64. The van der Waals surface area contributed by atoms with E-state index in [-0.39, 0.29) is 12.0 Å². The largest absolute Gasteiger partial charge is 0.468 e. The molecule has 20 heavy (non-hydrogen) atoms. The third kappa shape index (κ3) is 5.38. The van der Waals surface area contributed by atoms with Crippen LogP contribution in [-0.2, 0) is 9.53 Å². The van der Waals surface area contributed by atoms with Crippen LogP contribution in [0.25, 0.3) is 0 Å². The van der Waals surface area contributed by atoms with Crippen LogP contribution in [0.3, 0.4) is 0 Å². The summed E-state index contributed by atoms with van der Waals surface area (Å²) in [7, 11) is 3.63. The van der Waals surface area contributed by atoms with Gasteiger partial charge in [-0.15, -0.1) is 0 Å². The average Bonchev–Trinajstić information content (AvgIpc) is 2.39. The van der Waals surface area contributed by atoms with Crippen molar-refractivity contribution in [1.82, 2.24) is 15.1 Å². The maximum absolute atomic E-state index is 12.0. The summed E-state index contributed by atoms with van der Waals surface area (Å²) in [5.74, 6) is -0.162. The van der Waals surface area contributed by atoms with Crippen LogP contribution in [0, 0.1) is 0 Å². The molecule has 0 saturated carbocycles. The fourth-order valence-corrected chi connectivity index (χ4v) is 2.82. The van der Waals surface area contributed by atoms with Crippen molar-refractivity contribution in [3.05, 3.63) is 0 Å². The van der Waals surface area contributed by atoms with E-state index >= 15 is 0 Å². The molecule has 1 heterocycles. The predicted molar refractivity (Wildman–Crippen MR) is 81.9 cm³/mol. The summed E-state index contributed by atoms with van der Waals surface area (Å²) in [6.45, 7) is 11.6. The number of likely N-dealkylation sites (N-methyl/N-ethyl adjacent to an activating group) is 1. The molecule has 1 rings (SSSR count). The molecule has 1 N–H and O–H groups in total. The van der Waals surface area contributed by atoms with Crippen LogP contribution in [0.4, 0.5) is 0 Å². The Labute approximate surface area is 123 Å². The molecule has 5 heteroatoms. The molecule has 0 aromatic carbocycles. The number of rotatable bonds is 7. The second-order valence-corrected chi connectivity index (χ2v) is 6.37. The second-order valence-electron chi connectivity index (χ2n) is 6.37. The van der Waals surface area contributed by atoms with Crippen molar-refractivity contribution in [2.24, 2.45) is 0 Å². The number of nitrogens with one attached hydrogen (secondary N) is 1. The highest BCUT2D eigenvalue weighted by Gasteiger charge is 2.34. The lowest BCUT2D eigenvalue weighted by molar-refractivity contribution is -0.148. The highest BCUT2D eigenvalue weighted by Crippen LogP contribution is 2.16. The van der Waals surface area contributed by atoms with E-state index in [1.165, 1.54) is 7.11 Å². The summed E-state index contributed by atoms with van der Waals surface area (Å²) in [6, 6.07) is 0.266. The standard InChI is InChI=1S/C15H31N3O2/c1-13(2)16-15(3,14(19)20-5)7-6-8-18-11-9-17(4)10-12-18/h13,16H,6-12H2,1-5H3.